The highest BCUT2D eigenvalue weighted by molar-refractivity contribution is 5.83. The fraction of sp³-hybridized carbons (Fsp3) is 0.214. The molecule has 22 heavy (non-hydrogen) atoms. The Kier molecular flexibility index (Phi) is 3.90. The minimum Gasteiger partial charge on any atom is -0.364 e. The monoisotopic (exact) mass is 298 g/mol. The number of tetrazole rings is 1. The Labute approximate surface area is 126 Å². The van der Waals surface area contributed by atoms with Gasteiger partial charge in [0.15, 0.2) is 6.04 Å². The van der Waals surface area contributed by atoms with Crippen molar-refractivity contribution in [1.82, 2.24) is 30.7 Å². The standard InChI is InChI=1S/C14H14N6O2/c1-10-16-18-19-20(10)13(11-5-3-2-4-6-11)14(21)15-9-12-7-8-22-17-12/h2-8,13H,9H2,1H3,(H,15,21)/t13-/m0/s1. The molecule has 1 amide bonds. The third-order valence-corrected chi connectivity index (χ3v) is 3.20. The molecule has 2 aromatic heterocycles. The molecule has 3 rings (SSSR count). The minimum atomic E-state index is -0.636. The fourth-order valence-corrected chi connectivity index (χ4v) is 2.12. The molecule has 0 aliphatic carbocycles. The second-order valence-corrected chi connectivity index (χ2v) is 4.69. The molecule has 0 spiro atoms. The number of hydrogen-bond acceptors (Lipinski definition) is 6. The highest BCUT2D eigenvalue weighted by Gasteiger charge is 2.25. The van der Waals surface area contributed by atoms with Gasteiger partial charge in [-0.05, 0) is 22.9 Å². The summed E-state index contributed by atoms with van der Waals surface area (Å²) in [5.41, 5.74) is 1.45. The SMILES string of the molecule is Cc1nnnn1[C@H](C(=O)NCc1ccon1)c1ccccc1. The molecule has 2 heterocycles. The maximum absolute atomic E-state index is 12.6. The van der Waals surface area contributed by atoms with E-state index in [4.69, 9.17) is 4.52 Å². The highest BCUT2D eigenvalue weighted by Crippen LogP contribution is 2.18. The number of aromatic nitrogens is 5. The lowest BCUT2D eigenvalue weighted by atomic mass is 10.1. The third-order valence-electron chi connectivity index (χ3n) is 3.20. The van der Waals surface area contributed by atoms with Crippen LogP contribution in [0.15, 0.2) is 47.2 Å². The van der Waals surface area contributed by atoms with Crippen LogP contribution < -0.4 is 5.32 Å². The number of aryl methyl sites for hydroxylation is 1. The first-order valence-corrected chi connectivity index (χ1v) is 6.72. The van der Waals surface area contributed by atoms with E-state index < -0.39 is 6.04 Å². The lowest BCUT2D eigenvalue weighted by Crippen LogP contribution is -2.34. The molecule has 1 aromatic carbocycles. The second kappa shape index (κ2) is 6.17. The maximum atomic E-state index is 12.6. The van der Waals surface area contributed by atoms with Crippen molar-refractivity contribution >= 4 is 5.91 Å². The molecule has 1 atom stereocenters. The van der Waals surface area contributed by atoms with Crippen molar-refractivity contribution in [2.24, 2.45) is 0 Å². The molecule has 112 valence electrons. The Morgan fingerprint density at radius 3 is 2.77 bits per heavy atom. The largest absolute Gasteiger partial charge is 0.364 e. The molecule has 0 saturated heterocycles. The fourth-order valence-electron chi connectivity index (χ4n) is 2.12. The molecule has 8 heteroatoms. The lowest BCUT2D eigenvalue weighted by molar-refractivity contribution is -0.123. The van der Waals surface area contributed by atoms with Crippen LogP contribution in [-0.2, 0) is 11.3 Å². The van der Waals surface area contributed by atoms with Crippen molar-refractivity contribution < 1.29 is 9.32 Å². The predicted octanol–water partition coefficient (Wildman–Crippen LogP) is 0.875. The Balaban J connectivity index is 1.85. The van der Waals surface area contributed by atoms with E-state index in [0.29, 0.717) is 11.5 Å². The second-order valence-electron chi connectivity index (χ2n) is 4.69. The average Bonchev–Trinajstić information content (AvgIpc) is 3.19. The van der Waals surface area contributed by atoms with Gasteiger partial charge in [0.2, 0.25) is 5.91 Å². The summed E-state index contributed by atoms with van der Waals surface area (Å²) in [6.45, 7) is 2.03. The zero-order valence-electron chi connectivity index (χ0n) is 11.9. The van der Waals surface area contributed by atoms with Gasteiger partial charge in [-0.1, -0.05) is 35.5 Å². The van der Waals surface area contributed by atoms with Crippen LogP contribution in [0.1, 0.15) is 23.1 Å². The summed E-state index contributed by atoms with van der Waals surface area (Å²) in [5, 5.41) is 18.0. The number of nitrogens with zero attached hydrogens (tertiary/aromatic N) is 5. The van der Waals surface area contributed by atoms with E-state index in [9.17, 15) is 4.79 Å². The zero-order valence-corrected chi connectivity index (χ0v) is 11.9. The molecule has 0 aliphatic heterocycles. The van der Waals surface area contributed by atoms with E-state index in [-0.39, 0.29) is 12.5 Å². The summed E-state index contributed by atoms with van der Waals surface area (Å²) >= 11 is 0. The minimum absolute atomic E-state index is 0.218. The van der Waals surface area contributed by atoms with Gasteiger partial charge in [-0.3, -0.25) is 4.79 Å². The number of amides is 1. The first kappa shape index (κ1) is 13.9. The molecule has 1 N–H and O–H groups in total. The van der Waals surface area contributed by atoms with E-state index in [1.54, 1.807) is 13.0 Å². The van der Waals surface area contributed by atoms with Gasteiger partial charge in [0.25, 0.3) is 0 Å². The Hall–Kier alpha value is -3.03. The Morgan fingerprint density at radius 2 is 2.14 bits per heavy atom. The van der Waals surface area contributed by atoms with Crippen molar-refractivity contribution in [2.45, 2.75) is 19.5 Å². The molecule has 0 aliphatic rings. The quantitative estimate of drug-likeness (QED) is 0.750. The van der Waals surface area contributed by atoms with Gasteiger partial charge in [-0.15, -0.1) is 5.10 Å². The van der Waals surface area contributed by atoms with Crippen molar-refractivity contribution in [3.63, 3.8) is 0 Å². The molecular weight excluding hydrogens is 284 g/mol. The van der Waals surface area contributed by atoms with Gasteiger partial charge in [0.1, 0.15) is 17.8 Å². The third kappa shape index (κ3) is 2.85. The van der Waals surface area contributed by atoms with Crippen LogP contribution in [0, 0.1) is 6.92 Å². The predicted molar refractivity (Wildman–Crippen MR) is 75.5 cm³/mol. The molecule has 0 fully saturated rings. The number of carbonyl (C=O) groups is 1. The van der Waals surface area contributed by atoms with Crippen molar-refractivity contribution in [1.29, 1.82) is 0 Å². The molecular formula is C14H14N6O2. The van der Waals surface area contributed by atoms with Crippen LogP contribution in [-0.4, -0.2) is 31.3 Å². The van der Waals surface area contributed by atoms with Gasteiger partial charge in [-0.2, -0.15) is 0 Å². The Bertz CT molecular complexity index is 738. The van der Waals surface area contributed by atoms with Crippen LogP contribution in [0.4, 0.5) is 0 Å². The summed E-state index contributed by atoms with van der Waals surface area (Å²) in [4.78, 5) is 12.6. The molecule has 8 nitrogen and oxygen atoms in total. The van der Waals surface area contributed by atoms with Gasteiger partial charge in [0, 0.05) is 6.07 Å². The number of hydrogen-bond donors (Lipinski definition) is 1. The van der Waals surface area contributed by atoms with Crippen LogP contribution in [0.25, 0.3) is 0 Å². The number of rotatable bonds is 5. The molecule has 3 aromatic rings. The average molecular weight is 298 g/mol. The summed E-state index contributed by atoms with van der Waals surface area (Å²) < 4.78 is 6.24. The molecule has 0 unspecified atom stereocenters. The first-order valence-electron chi connectivity index (χ1n) is 6.72. The summed E-state index contributed by atoms with van der Waals surface area (Å²) in [5.74, 6) is 0.343. The number of nitrogens with one attached hydrogen (secondary N) is 1. The molecule has 0 radical (unpaired) electrons. The van der Waals surface area contributed by atoms with Gasteiger partial charge < -0.3 is 9.84 Å². The number of benzene rings is 1. The van der Waals surface area contributed by atoms with Crippen molar-refractivity contribution in [3.8, 4) is 0 Å². The van der Waals surface area contributed by atoms with Crippen LogP contribution in [0.3, 0.4) is 0 Å². The lowest BCUT2D eigenvalue weighted by Gasteiger charge is -2.17. The topological polar surface area (TPSA) is 98.7 Å². The van der Waals surface area contributed by atoms with Crippen LogP contribution in [0.2, 0.25) is 0 Å². The number of carbonyl (C=O) groups excluding carboxylic acids is 1. The van der Waals surface area contributed by atoms with Gasteiger partial charge >= 0.3 is 0 Å². The highest BCUT2D eigenvalue weighted by atomic mass is 16.5. The smallest absolute Gasteiger partial charge is 0.249 e. The zero-order chi connectivity index (χ0) is 15.4. The van der Waals surface area contributed by atoms with E-state index in [1.807, 2.05) is 30.3 Å². The van der Waals surface area contributed by atoms with E-state index in [0.717, 1.165) is 5.56 Å². The summed E-state index contributed by atoms with van der Waals surface area (Å²) in [6, 6.07) is 10.4. The molecule has 0 bridgehead atoms. The summed E-state index contributed by atoms with van der Waals surface area (Å²) in [7, 11) is 0. The van der Waals surface area contributed by atoms with Crippen molar-refractivity contribution in [2.75, 3.05) is 0 Å². The van der Waals surface area contributed by atoms with Gasteiger partial charge in [0.05, 0.1) is 6.54 Å². The van der Waals surface area contributed by atoms with Crippen LogP contribution >= 0.6 is 0 Å². The van der Waals surface area contributed by atoms with E-state index in [1.165, 1.54) is 10.9 Å². The van der Waals surface area contributed by atoms with Crippen molar-refractivity contribution in [3.05, 3.63) is 59.7 Å². The van der Waals surface area contributed by atoms with Crippen LogP contribution in [0.5, 0.6) is 0 Å². The van der Waals surface area contributed by atoms with E-state index in [2.05, 4.69) is 26.0 Å². The van der Waals surface area contributed by atoms with E-state index >= 15 is 0 Å². The normalized spacial score (nSPS) is 12.0. The Morgan fingerprint density at radius 1 is 1.32 bits per heavy atom. The van der Waals surface area contributed by atoms with Gasteiger partial charge in [-0.25, -0.2) is 4.68 Å². The summed E-state index contributed by atoms with van der Waals surface area (Å²) in [6.07, 6.45) is 1.46. The maximum Gasteiger partial charge on any atom is 0.249 e. The molecule has 0 saturated carbocycles. The first-order chi connectivity index (χ1) is 10.8.